The van der Waals surface area contributed by atoms with Crippen molar-refractivity contribution in [1.82, 2.24) is 52.0 Å². The average Bonchev–Trinajstić information content (AvgIpc) is 1.68. The first-order valence-corrected chi connectivity index (χ1v) is 37.4. The summed E-state index contributed by atoms with van der Waals surface area (Å²) < 4.78 is 16.9. The first-order chi connectivity index (χ1) is 51.3. The van der Waals surface area contributed by atoms with E-state index in [9.17, 15) is 79.5 Å². The number of aromatic amines is 1. The Morgan fingerprint density at radius 1 is 0.654 bits per heavy atom. The molecule has 3 fully saturated rings. The Morgan fingerprint density at radius 2 is 1.31 bits per heavy atom. The Kier molecular flexibility index (Phi) is 34.6. The molecule has 5 aromatic rings. The highest BCUT2D eigenvalue weighted by Crippen LogP contribution is 2.34. The Morgan fingerprint density at radius 3 is 2.01 bits per heavy atom. The van der Waals surface area contributed by atoms with Crippen molar-refractivity contribution in [1.29, 1.82) is 0 Å². The number of nitrogens with zero attached hydrogens (tertiary/aromatic N) is 2. The van der Waals surface area contributed by atoms with Crippen molar-refractivity contribution in [3.05, 3.63) is 96.6 Å². The lowest BCUT2D eigenvalue weighted by molar-refractivity contribution is -0.148. The molecule has 21 N–H and O–H groups in total. The van der Waals surface area contributed by atoms with Crippen molar-refractivity contribution in [2.45, 2.75) is 209 Å². The third-order valence-corrected chi connectivity index (χ3v) is 19.8. The monoisotopic (exact) mass is 1500 g/mol. The van der Waals surface area contributed by atoms with Gasteiger partial charge in [0.1, 0.15) is 85.4 Å². The number of aliphatic hydroxyl groups excluding tert-OH is 8. The number of methoxy groups -OCH3 is 1. The standard InChI is InChI=1S/C52H88N10O15.C24H26N2O4/c1-5-28(2)24-29(3)12-10-8-6-7-9-11-13-39(69)56-34-26-38(68)46(55-22-21-54)60-50(75)43-37(67)19-23-61(43)52(77)41(36(66)18-20-53)58-49(74)42(45(71)44(70)31-14-16-32(64)17-15-31)59-48(73)35-25-33(65)27-62(35)51(76)40(30(4)63)57-47(34)72;1-28-21-10-4-5-11-22(21)29-14-13-25-15-17(27)16-30-23-12-6-9-20-24(23)18-7-2-3-8-19(18)26-20/h14-17,28-30,33-38,40-46,55,63-68,70-71H,5-13,18-27,53-54H2,1-4H3,(H,56,69)(H,57,72)(H,58,74)(H,59,73)(H,60,75);2-12,17,25-27H,13-16H2,1H3/t28?,29?,30-,33-,34+,35+,36+,37+,38-,40+,41+,42+,43+,44+,45+,46-;/m1./s1. The highest BCUT2D eigenvalue weighted by Gasteiger charge is 2.49. The summed E-state index contributed by atoms with van der Waals surface area (Å²) in [5.41, 5.74) is 13.6. The third kappa shape index (κ3) is 24.9. The number of nitrogens with one attached hydrogen (secondary N) is 8. The number of carbonyl (C=O) groups is 7. The average molecular weight is 1500 g/mol. The van der Waals surface area contributed by atoms with Crippen LogP contribution in [-0.4, -0.2) is 253 Å². The Bertz CT molecular complexity index is 3630. The number of phenols is 1. The molecule has 0 saturated carbocycles. The van der Waals surface area contributed by atoms with Gasteiger partial charge in [0.15, 0.2) is 11.5 Å². The van der Waals surface area contributed by atoms with Crippen LogP contribution in [0.5, 0.6) is 23.0 Å². The topological polar surface area (TPSA) is 488 Å². The molecule has 107 heavy (non-hydrogen) atoms. The molecule has 31 heteroatoms. The van der Waals surface area contributed by atoms with Gasteiger partial charge < -0.3 is 118 Å². The number of fused-ring (bicyclic) bond motifs is 5. The molecule has 31 nitrogen and oxygen atoms in total. The van der Waals surface area contributed by atoms with E-state index >= 15 is 0 Å². The summed E-state index contributed by atoms with van der Waals surface area (Å²) in [6, 6.07) is 15.2. The van der Waals surface area contributed by atoms with Crippen LogP contribution in [0.1, 0.15) is 129 Å². The predicted octanol–water partition coefficient (Wildman–Crippen LogP) is 0.426. The highest BCUT2D eigenvalue weighted by atomic mass is 16.5. The number of benzene rings is 4. The highest BCUT2D eigenvalue weighted by molar-refractivity contribution is 6.10. The van der Waals surface area contributed by atoms with Gasteiger partial charge in [-0.3, -0.25) is 38.9 Å². The number of hydrogen-bond donors (Lipinski definition) is 19. The number of hydrogen-bond acceptors (Lipinski definition) is 23. The molecular formula is C76H114N12O19. The van der Waals surface area contributed by atoms with E-state index in [-0.39, 0.29) is 63.4 Å². The zero-order valence-electron chi connectivity index (χ0n) is 61.9. The minimum atomic E-state index is -2.28. The normalized spacial score (nSPS) is 24.0. The number of rotatable bonds is 33. The van der Waals surface area contributed by atoms with E-state index in [0.29, 0.717) is 55.9 Å². The number of phenolic OH excluding ortho intramolecular Hbond substituents is 1. The lowest BCUT2D eigenvalue weighted by Crippen LogP contribution is -2.65. The summed E-state index contributed by atoms with van der Waals surface area (Å²) in [7, 11) is 1.62. The number of unbranched alkanes of at least 4 members (excludes halogenated alkanes) is 5. The summed E-state index contributed by atoms with van der Waals surface area (Å²) in [6.45, 7) is 8.44. The van der Waals surface area contributed by atoms with Gasteiger partial charge in [0.05, 0.1) is 43.1 Å². The van der Waals surface area contributed by atoms with Gasteiger partial charge in [-0.2, -0.15) is 0 Å². The van der Waals surface area contributed by atoms with Gasteiger partial charge >= 0.3 is 0 Å². The van der Waals surface area contributed by atoms with Crippen LogP contribution in [-0.2, 0) is 33.6 Å². The SMILES string of the molecule is CCC(C)CC(C)CCCCCCCCC(=O)N[C@H]1C[C@@H](O)[C@H](NCCN)NC(=O)[C@@H]2[C@@H](O)CCN2C(=O)[C@H]([C@@H](O)CCN)NC(=O)[C@H]([C@H](O)[C@@H](O)c2ccc(O)cc2)NC(=O)[C@@H]2C[C@@H](O)CN2C(=O)[C@H]([C@@H](C)O)NC1=O.COc1ccccc1OCCNCC(O)COc1cccc2[nH]c3ccccc3c12. The van der Waals surface area contributed by atoms with Crippen molar-refractivity contribution in [2.75, 3.05) is 66.1 Å². The molecule has 4 aromatic carbocycles. The smallest absolute Gasteiger partial charge is 0.248 e. The molecule has 0 aliphatic carbocycles. The zero-order chi connectivity index (χ0) is 77.9. The molecule has 8 rings (SSSR count). The minimum Gasteiger partial charge on any atom is -0.508 e. The number of H-pyrrole nitrogens is 1. The quantitative estimate of drug-likeness (QED) is 0.0253. The molecule has 3 unspecified atom stereocenters. The van der Waals surface area contributed by atoms with Gasteiger partial charge in [-0.05, 0) is 99.0 Å². The molecule has 4 heterocycles. The fourth-order valence-electron chi connectivity index (χ4n) is 13.7. The van der Waals surface area contributed by atoms with Gasteiger partial charge in [-0.25, -0.2) is 0 Å². The van der Waals surface area contributed by atoms with Crippen molar-refractivity contribution >= 4 is 63.2 Å². The Balaban J connectivity index is 0.000000437. The summed E-state index contributed by atoms with van der Waals surface area (Å²) in [5, 5.41) is 120. The van der Waals surface area contributed by atoms with Crippen LogP contribution in [0.2, 0.25) is 0 Å². The van der Waals surface area contributed by atoms with Crippen LogP contribution < -0.4 is 62.9 Å². The minimum absolute atomic E-state index is 0.0257. The van der Waals surface area contributed by atoms with Gasteiger partial charge in [-0.1, -0.05) is 114 Å². The van der Waals surface area contributed by atoms with Crippen molar-refractivity contribution in [3.63, 3.8) is 0 Å². The fourth-order valence-corrected chi connectivity index (χ4v) is 13.7. The molecule has 7 amide bonds. The number of amides is 7. The summed E-state index contributed by atoms with van der Waals surface area (Å²) >= 11 is 0. The van der Waals surface area contributed by atoms with Crippen LogP contribution in [0.15, 0.2) is 91.0 Å². The van der Waals surface area contributed by atoms with Crippen molar-refractivity contribution in [3.8, 4) is 23.0 Å². The third-order valence-electron chi connectivity index (χ3n) is 19.8. The second-order valence-electron chi connectivity index (χ2n) is 28.3. The van der Waals surface area contributed by atoms with E-state index in [4.69, 9.17) is 25.7 Å². The zero-order valence-corrected chi connectivity index (χ0v) is 61.9. The van der Waals surface area contributed by atoms with Crippen LogP contribution >= 0.6 is 0 Å². The molecule has 3 aliphatic rings. The molecule has 0 spiro atoms. The fraction of sp³-hybridized carbons (Fsp3) is 0.592. The Labute approximate surface area is 624 Å². The van der Waals surface area contributed by atoms with Gasteiger partial charge in [0.25, 0.3) is 0 Å². The van der Waals surface area contributed by atoms with Crippen LogP contribution in [0, 0.1) is 11.8 Å². The second-order valence-corrected chi connectivity index (χ2v) is 28.3. The molecule has 1 aromatic heterocycles. The molecule has 0 bridgehead atoms. The van der Waals surface area contributed by atoms with E-state index in [1.807, 2.05) is 60.7 Å². The first-order valence-electron chi connectivity index (χ1n) is 37.4. The van der Waals surface area contributed by atoms with E-state index in [0.717, 1.165) is 82.8 Å². The van der Waals surface area contributed by atoms with Crippen LogP contribution in [0.25, 0.3) is 21.8 Å². The van der Waals surface area contributed by atoms with E-state index in [2.05, 4.69) is 69.0 Å². The predicted molar refractivity (Wildman–Crippen MR) is 399 cm³/mol. The number of para-hydroxylation sites is 3. The maximum Gasteiger partial charge on any atom is 0.248 e. The number of aromatic nitrogens is 1. The molecule has 17 atom stereocenters. The van der Waals surface area contributed by atoms with Crippen LogP contribution in [0.3, 0.4) is 0 Å². The largest absolute Gasteiger partial charge is 0.508 e. The lowest BCUT2D eigenvalue weighted by atomic mass is 9.91. The van der Waals surface area contributed by atoms with Crippen molar-refractivity contribution < 1.29 is 93.7 Å². The number of aromatic hydroxyl groups is 1. The summed E-state index contributed by atoms with van der Waals surface area (Å²) in [4.78, 5) is 105. The number of ether oxygens (including phenoxy) is 3. The van der Waals surface area contributed by atoms with E-state index < -0.39 is 152 Å². The molecule has 0 radical (unpaired) electrons. The molecule has 3 aliphatic heterocycles. The van der Waals surface area contributed by atoms with Gasteiger partial charge in [-0.15, -0.1) is 0 Å². The van der Waals surface area contributed by atoms with Gasteiger partial charge in [0.2, 0.25) is 41.4 Å². The Hall–Kier alpha value is -8.31. The molecular weight excluding hydrogens is 1380 g/mol. The number of aliphatic hydroxyl groups is 8. The molecule has 592 valence electrons. The van der Waals surface area contributed by atoms with Crippen LogP contribution in [0.4, 0.5) is 0 Å². The number of carbonyl (C=O) groups excluding carboxylic acids is 7. The summed E-state index contributed by atoms with van der Waals surface area (Å²) in [6.07, 6.45) is -7.57. The first kappa shape index (κ1) is 85.9. The maximum atomic E-state index is 14.6. The molecule has 3 saturated heterocycles. The van der Waals surface area contributed by atoms with E-state index in [1.165, 1.54) is 30.7 Å². The maximum absolute atomic E-state index is 14.6. The van der Waals surface area contributed by atoms with Crippen molar-refractivity contribution in [2.24, 2.45) is 23.3 Å². The second kappa shape index (κ2) is 43.0. The lowest BCUT2D eigenvalue weighted by Gasteiger charge is -2.35. The van der Waals surface area contributed by atoms with Gasteiger partial charge in [0, 0.05) is 74.8 Å². The summed E-state index contributed by atoms with van der Waals surface area (Å²) in [5.74, 6) is -4.25. The van der Waals surface area contributed by atoms with E-state index in [1.54, 1.807) is 7.11 Å². The number of nitrogens with two attached hydrogens (primary N) is 2.